The van der Waals surface area contributed by atoms with Gasteiger partial charge in [-0.25, -0.2) is 0 Å². The molecule has 0 aliphatic carbocycles. The Morgan fingerprint density at radius 2 is 0.773 bits per heavy atom. The van der Waals surface area contributed by atoms with Crippen LogP contribution in [0.25, 0.3) is 0 Å². The molecule has 0 aliphatic rings. The molecule has 0 heterocycles. The van der Waals surface area contributed by atoms with Crippen molar-refractivity contribution >= 4 is 50.1 Å². The third-order valence-corrected chi connectivity index (χ3v) is 2.14. The van der Waals surface area contributed by atoms with Gasteiger partial charge in [0.25, 0.3) is 0 Å². The topological polar surface area (TPSA) is 167 Å². The first-order chi connectivity index (χ1) is 9.20. The van der Waals surface area contributed by atoms with Crippen molar-refractivity contribution < 1.29 is 108 Å². The molecule has 0 amide bonds. The third-order valence-electron chi connectivity index (χ3n) is 2.14. The maximum absolute atomic E-state index is 10.4. The minimum absolute atomic E-state index is 0. The second-order valence-electron chi connectivity index (χ2n) is 3.91. The fourth-order valence-electron chi connectivity index (χ4n) is 1.44. The fraction of sp³-hybridized carbons (Fsp3) is 0.600. The smallest absolute Gasteiger partial charge is 0.549 e. The minimum atomic E-state index is -1.53. The van der Waals surface area contributed by atoms with Crippen molar-refractivity contribution in [1.29, 1.82) is 0 Å². The van der Waals surface area contributed by atoms with E-state index in [0.717, 1.165) is 9.80 Å². The van der Waals surface area contributed by atoms with Crippen LogP contribution in [0, 0.1) is 0 Å². The summed E-state index contributed by atoms with van der Waals surface area (Å²) in [5, 5.41) is 41.6. The monoisotopic (exact) mass is 630 g/mol. The van der Waals surface area contributed by atoms with Crippen molar-refractivity contribution in [2.24, 2.45) is 0 Å². The van der Waals surface area contributed by atoms with Crippen molar-refractivity contribution in [1.82, 2.24) is 9.80 Å². The third kappa shape index (κ3) is 17.1. The maximum Gasteiger partial charge on any atom is 3.00 e. The van der Waals surface area contributed by atoms with Crippen LogP contribution in [0.5, 0.6) is 0 Å². The molecule has 2 radical (unpaired) electrons. The summed E-state index contributed by atoms with van der Waals surface area (Å²) >= 11 is 0. The van der Waals surface area contributed by atoms with Gasteiger partial charge in [0.15, 0.2) is 0 Å². The number of carboxylic acids is 4. The Morgan fingerprint density at radius 1 is 0.591 bits per heavy atom. The molecular weight excluding hydrogens is 618 g/mol. The Balaban J connectivity index is -0.00000180. The number of carbonyl (C=O) groups is 4. The Bertz CT molecular complexity index is 327. The molecule has 22 heavy (non-hydrogen) atoms. The quantitative estimate of drug-likeness (QED) is 0.200. The summed E-state index contributed by atoms with van der Waals surface area (Å²) < 4.78 is 0. The van der Waals surface area contributed by atoms with Crippen LogP contribution in [0.2, 0.25) is 0 Å². The van der Waals surface area contributed by atoms with E-state index in [2.05, 4.69) is 0 Å². The van der Waals surface area contributed by atoms with E-state index in [-0.39, 0.29) is 108 Å². The van der Waals surface area contributed by atoms with Crippen molar-refractivity contribution in [3.63, 3.8) is 0 Å². The number of hydrogen-bond acceptors (Lipinski definition) is 10. The molecule has 0 atom stereocenters. The number of hydrogen-bond donors (Lipinski definition) is 0. The van der Waals surface area contributed by atoms with Crippen LogP contribution in [0.3, 0.4) is 0 Å². The molecule has 0 saturated carbocycles. The van der Waals surface area contributed by atoms with Crippen LogP contribution < -0.4 is 89.3 Å². The molecule has 0 aliphatic heterocycles. The molecule has 0 bridgehead atoms. The number of aliphatic carboxylic acids is 4. The predicted molar refractivity (Wildman–Crippen MR) is 58.7 cm³/mol. The van der Waals surface area contributed by atoms with Gasteiger partial charge in [0.2, 0.25) is 0 Å². The molecule has 0 N–H and O–H groups in total. The zero-order chi connectivity index (χ0) is 15.7. The van der Waals surface area contributed by atoms with E-state index in [0.29, 0.717) is 0 Å². The standard InChI is InChI=1S/C10H16N2O8.Bi.Cs/c13-7(14)3-11(4-8(15)16)1-2-12(5-9(17)18)6-10(19)20;;/h1-6H2,(H,13,14)(H,15,16)(H,17,18)(H,19,20);;/q;+3;+1/p-4. The van der Waals surface area contributed by atoms with E-state index < -0.39 is 50.1 Å². The van der Waals surface area contributed by atoms with Crippen LogP contribution in [-0.2, 0) is 19.2 Å². The summed E-state index contributed by atoms with van der Waals surface area (Å²) in [5.41, 5.74) is 0. The average Bonchev–Trinajstić information content (AvgIpc) is 2.22. The van der Waals surface area contributed by atoms with Gasteiger partial charge in [-0.15, -0.1) is 0 Å². The van der Waals surface area contributed by atoms with Gasteiger partial charge in [0, 0.05) is 39.3 Å². The van der Waals surface area contributed by atoms with Crippen molar-refractivity contribution in [3.05, 3.63) is 0 Å². The minimum Gasteiger partial charge on any atom is -0.549 e. The number of carboxylic acid groups (broad SMARTS) is 4. The summed E-state index contributed by atoms with van der Waals surface area (Å²) in [6, 6.07) is 0. The van der Waals surface area contributed by atoms with Gasteiger partial charge in [0.05, 0.1) is 23.9 Å². The van der Waals surface area contributed by atoms with E-state index in [1.54, 1.807) is 0 Å². The Hall–Kier alpha value is 0.735. The van der Waals surface area contributed by atoms with Crippen molar-refractivity contribution in [2.75, 3.05) is 39.3 Å². The van der Waals surface area contributed by atoms with Gasteiger partial charge in [-0.2, -0.15) is 0 Å². The summed E-state index contributed by atoms with van der Waals surface area (Å²) in [6.45, 7) is -3.25. The van der Waals surface area contributed by atoms with Gasteiger partial charge >= 0.3 is 95.1 Å². The maximum atomic E-state index is 10.4. The largest absolute Gasteiger partial charge is 3.00 e. The van der Waals surface area contributed by atoms with Gasteiger partial charge in [0.1, 0.15) is 0 Å². The normalized spacial score (nSPS) is 9.73. The molecule has 0 fully saturated rings. The van der Waals surface area contributed by atoms with Crippen LogP contribution in [0.1, 0.15) is 0 Å². The van der Waals surface area contributed by atoms with Crippen LogP contribution >= 0.6 is 0 Å². The van der Waals surface area contributed by atoms with E-state index >= 15 is 0 Å². The van der Waals surface area contributed by atoms with E-state index in [1.165, 1.54) is 0 Å². The van der Waals surface area contributed by atoms with Crippen LogP contribution in [0.4, 0.5) is 0 Å². The summed E-state index contributed by atoms with van der Waals surface area (Å²) in [6.07, 6.45) is 0. The second kappa shape index (κ2) is 15.3. The first kappa shape index (κ1) is 27.6. The zero-order valence-corrected chi connectivity index (χ0v) is 21.6. The molecule has 0 aromatic rings. The molecule has 0 aromatic carbocycles. The van der Waals surface area contributed by atoms with E-state index in [9.17, 15) is 39.6 Å². The molecular formula is C10H12BiCsN2O8. The summed E-state index contributed by atoms with van der Waals surface area (Å²) in [7, 11) is 0. The molecule has 0 rings (SSSR count). The Kier molecular flexibility index (Phi) is 19.1. The average molecular weight is 630 g/mol. The fourth-order valence-corrected chi connectivity index (χ4v) is 1.44. The van der Waals surface area contributed by atoms with Gasteiger partial charge in [-0.1, -0.05) is 0 Å². The molecule has 0 saturated heterocycles. The first-order valence-electron chi connectivity index (χ1n) is 5.44. The van der Waals surface area contributed by atoms with Crippen LogP contribution in [0.15, 0.2) is 0 Å². The van der Waals surface area contributed by atoms with Gasteiger partial charge in [-0.05, 0) is 0 Å². The molecule has 0 unspecified atom stereocenters. The molecule has 0 aromatic heterocycles. The first-order valence-corrected chi connectivity index (χ1v) is 5.44. The number of rotatable bonds is 11. The molecule has 0 spiro atoms. The Labute approximate surface area is 204 Å². The van der Waals surface area contributed by atoms with E-state index in [4.69, 9.17) is 0 Å². The van der Waals surface area contributed by atoms with Crippen LogP contribution in [-0.4, -0.2) is 99.1 Å². The second-order valence-corrected chi connectivity index (χ2v) is 3.91. The molecule has 12 heteroatoms. The van der Waals surface area contributed by atoms with Crippen molar-refractivity contribution in [2.45, 2.75) is 0 Å². The SMILES string of the molecule is O=C([O-])CN(CCN(CC(=O)[O-])CC(=O)[O-])CC(=O)[O-].[Bi+3].[Cs+]. The predicted octanol–water partition coefficient (Wildman–Crippen LogP) is -10.8. The number of nitrogens with zero attached hydrogens (tertiary/aromatic N) is 2. The summed E-state index contributed by atoms with van der Waals surface area (Å²) in [4.78, 5) is 43.4. The van der Waals surface area contributed by atoms with Crippen molar-refractivity contribution in [3.8, 4) is 0 Å². The number of carbonyl (C=O) groups excluding carboxylic acids is 4. The molecule has 116 valence electrons. The molecule has 10 nitrogen and oxygen atoms in total. The van der Waals surface area contributed by atoms with Gasteiger partial charge < -0.3 is 39.6 Å². The zero-order valence-electron chi connectivity index (χ0n) is 11.9. The van der Waals surface area contributed by atoms with Gasteiger partial charge in [-0.3, -0.25) is 9.80 Å². The Morgan fingerprint density at radius 3 is 0.909 bits per heavy atom. The van der Waals surface area contributed by atoms with E-state index in [1.807, 2.05) is 0 Å². The summed E-state index contributed by atoms with van der Waals surface area (Å²) in [5.74, 6) is -6.12.